The summed E-state index contributed by atoms with van der Waals surface area (Å²) < 4.78 is 13.4. The molecular formula is C42H39N2O8P. The number of rotatable bonds is 13. The Morgan fingerprint density at radius 3 is 1.72 bits per heavy atom. The topological polar surface area (TPSA) is 139 Å². The van der Waals surface area contributed by atoms with Crippen molar-refractivity contribution in [2.45, 2.75) is 32.4 Å². The average molecular weight is 731 g/mol. The molecule has 1 heterocycles. The molecule has 0 radical (unpaired) electrons. The first-order chi connectivity index (χ1) is 25.6. The third-order valence-corrected chi connectivity index (χ3v) is 15.1. The number of aliphatic hydroxyl groups is 1. The summed E-state index contributed by atoms with van der Waals surface area (Å²) in [6.45, 7) is -3.08. The zero-order chi connectivity index (χ0) is 37.6. The van der Waals surface area contributed by atoms with Crippen LogP contribution >= 0.6 is 6.98 Å². The number of para-hydroxylation sites is 1. The summed E-state index contributed by atoms with van der Waals surface area (Å²) in [5.41, 5.74) is 1.07. The van der Waals surface area contributed by atoms with Crippen LogP contribution < -0.4 is 21.2 Å². The van der Waals surface area contributed by atoms with Crippen LogP contribution in [-0.2, 0) is 23.6 Å². The number of ketones is 1. The van der Waals surface area contributed by atoms with Gasteiger partial charge in [0.2, 0.25) is 0 Å². The number of ether oxygens (including phenoxy) is 1. The van der Waals surface area contributed by atoms with Crippen LogP contribution in [0.1, 0.15) is 41.0 Å². The number of hydrogen-bond acceptors (Lipinski definition) is 8. The number of esters is 1. The van der Waals surface area contributed by atoms with Gasteiger partial charge in [0.25, 0.3) is 0 Å². The minimum absolute atomic E-state index is 0.223. The van der Waals surface area contributed by atoms with E-state index >= 15 is 0 Å². The second-order valence-electron chi connectivity index (χ2n) is 12.8. The van der Waals surface area contributed by atoms with Gasteiger partial charge in [-0.2, -0.15) is 0 Å². The molecule has 11 heteroatoms. The van der Waals surface area contributed by atoms with Crippen LogP contribution in [0.15, 0.2) is 146 Å². The summed E-state index contributed by atoms with van der Waals surface area (Å²) >= 11 is 0. The quantitative estimate of drug-likeness (QED) is 0.0732. The van der Waals surface area contributed by atoms with Crippen molar-refractivity contribution >= 4 is 58.1 Å². The molecule has 0 saturated carbocycles. The Morgan fingerprint density at radius 1 is 0.736 bits per heavy atom. The number of nitrogens with zero attached hydrogens (tertiary/aromatic N) is 1. The van der Waals surface area contributed by atoms with Crippen LogP contribution in [0.4, 0.5) is 5.69 Å². The number of carbonyl (C=O) groups excluding carboxylic acids is 5. The van der Waals surface area contributed by atoms with Gasteiger partial charge in [-0.3, -0.25) is 0 Å². The first-order valence-electron chi connectivity index (χ1n) is 17.1. The molecule has 0 bridgehead atoms. The number of Topliss-reactive ketones (excluding diaryl/α,β-unsaturated/α-hetero) is 1. The standard InChI is InChI=1S/C42H39N2O8P/c1-29(45)40-37(27-38(47)31-16-15-17-32(26-31)41(49)43-33-18-7-3-8-19-33)44(42(40)50)53(34-20-9-4-10-21-34,35-22-11-5-12-23-35,36-24-13-6-14-25-36)52-39(48)28-51-30(2)46/h3-26,29,37,40,45H,27-28H2,1-2H3,(H,43,49)/t29-,37-,40-/m1/s1. The van der Waals surface area contributed by atoms with E-state index in [1.54, 1.807) is 133 Å². The van der Waals surface area contributed by atoms with Crippen LogP contribution in [0.5, 0.6) is 0 Å². The van der Waals surface area contributed by atoms with Crippen LogP contribution in [0, 0.1) is 5.92 Å². The molecule has 1 fully saturated rings. The SMILES string of the molecule is CC(=O)OCC(=O)OP(c1ccccc1)(c1ccccc1)(c1ccccc1)N1C(=O)[C@H]([C@@H](C)O)[C@H]1CC(=O)c1cccc(C(=O)Nc2ccccc2)c1. The van der Waals surface area contributed by atoms with E-state index in [2.05, 4.69) is 5.32 Å². The molecule has 2 amide bonds. The molecule has 0 aromatic heterocycles. The number of aliphatic hydroxyl groups excluding tert-OH is 1. The summed E-state index contributed by atoms with van der Waals surface area (Å²) in [5.74, 6) is -3.99. The normalized spacial score (nSPS) is 16.6. The molecular weight excluding hydrogens is 691 g/mol. The Bertz CT molecular complexity index is 2030. The molecule has 5 aromatic carbocycles. The van der Waals surface area contributed by atoms with E-state index in [1.807, 2.05) is 6.07 Å². The Morgan fingerprint density at radius 2 is 1.23 bits per heavy atom. The van der Waals surface area contributed by atoms with Gasteiger partial charge in [-0.25, -0.2) is 0 Å². The summed E-state index contributed by atoms with van der Waals surface area (Å²) in [7, 11) is 0. The van der Waals surface area contributed by atoms with Gasteiger partial charge in [-0.15, -0.1) is 0 Å². The van der Waals surface area contributed by atoms with Crippen molar-refractivity contribution in [3.8, 4) is 0 Å². The van der Waals surface area contributed by atoms with Crippen molar-refractivity contribution < 1.29 is 38.3 Å². The Kier molecular flexibility index (Phi) is 10.7. The average Bonchev–Trinajstić information content (AvgIpc) is 3.18. The number of benzene rings is 5. The van der Waals surface area contributed by atoms with Crippen LogP contribution in [0.25, 0.3) is 0 Å². The van der Waals surface area contributed by atoms with E-state index in [0.29, 0.717) is 21.6 Å². The molecule has 1 aliphatic rings. The van der Waals surface area contributed by atoms with E-state index in [0.717, 1.165) is 0 Å². The molecule has 0 unspecified atom stereocenters. The Labute approximate surface area is 307 Å². The van der Waals surface area contributed by atoms with Gasteiger partial charge >= 0.3 is 302 Å². The Balaban J connectivity index is 1.53. The van der Waals surface area contributed by atoms with Gasteiger partial charge in [-0.05, 0) is 0 Å². The minimum atomic E-state index is -5.01. The predicted octanol–water partition coefficient (Wildman–Crippen LogP) is 5.19. The number of anilines is 1. The molecule has 2 N–H and O–H groups in total. The summed E-state index contributed by atoms with van der Waals surface area (Å²) in [6.07, 6.45) is -1.46. The molecule has 53 heavy (non-hydrogen) atoms. The summed E-state index contributed by atoms with van der Waals surface area (Å²) in [6, 6.07) is 40.9. The number of nitrogens with one attached hydrogen (secondary N) is 1. The van der Waals surface area contributed by atoms with Gasteiger partial charge in [0.1, 0.15) is 0 Å². The third-order valence-electron chi connectivity index (χ3n) is 9.42. The number of hydrogen-bond donors (Lipinski definition) is 2. The Hall–Kier alpha value is -5.96. The van der Waals surface area contributed by atoms with E-state index in [-0.39, 0.29) is 17.5 Å². The van der Waals surface area contributed by atoms with Crippen molar-refractivity contribution in [3.63, 3.8) is 0 Å². The fourth-order valence-corrected chi connectivity index (χ4v) is 13.1. The molecule has 5 aromatic rings. The molecule has 270 valence electrons. The van der Waals surface area contributed by atoms with E-state index in [4.69, 9.17) is 9.26 Å². The van der Waals surface area contributed by atoms with E-state index in [1.165, 1.54) is 24.6 Å². The maximum absolute atomic E-state index is 14.8. The van der Waals surface area contributed by atoms with Gasteiger partial charge in [0.05, 0.1) is 0 Å². The summed E-state index contributed by atoms with van der Waals surface area (Å²) in [5, 5.41) is 15.3. The second kappa shape index (κ2) is 15.3. The van der Waals surface area contributed by atoms with Gasteiger partial charge in [0.15, 0.2) is 0 Å². The zero-order valence-corrected chi connectivity index (χ0v) is 30.1. The van der Waals surface area contributed by atoms with Crippen LogP contribution in [0.3, 0.4) is 0 Å². The predicted molar refractivity (Wildman–Crippen MR) is 203 cm³/mol. The van der Waals surface area contributed by atoms with Crippen molar-refractivity contribution in [3.05, 3.63) is 157 Å². The molecule has 10 nitrogen and oxygen atoms in total. The van der Waals surface area contributed by atoms with Crippen LogP contribution in [0.2, 0.25) is 0 Å². The zero-order valence-electron chi connectivity index (χ0n) is 29.2. The van der Waals surface area contributed by atoms with Crippen LogP contribution in [-0.4, -0.2) is 58.1 Å². The second-order valence-corrected chi connectivity index (χ2v) is 16.9. The molecule has 0 aliphatic carbocycles. The van der Waals surface area contributed by atoms with Gasteiger partial charge in [0, 0.05) is 0 Å². The fourth-order valence-electron chi connectivity index (χ4n) is 7.15. The maximum atomic E-state index is 14.8. The van der Waals surface area contributed by atoms with Gasteiger partial charge in [-0.1, -0.05) is 6.07 Å². The van der Waals surface area contributed by atoms with Crippen molar-refractivity contribution in [2.75, 3.05) is 11.9 Å². The van der Waals surface area contributed by atoms with E-state index < -0.39 is 61.2 Å². The molecule has 3 atom stereocenters. The van der Waals surface area contributed by atoms with Crippen molar-refractivity contribution in [1.29, 1.82) is 0 Å². The van der Waals surface area contributed by atoms with Crippen molar-refractivity contribution in [2.24, 2.45) is 5.92 Å². The third kappa shape index (κ3) is 6.75. The van der Waals surface area contributed by atoms with E-state index in [9.17, 15) is 29.1 Å². The first-order valence-corrected chi connectivity index (χ1v) is 19.2. The molecule has 1 saturated heterocycles. The number of carbonyl (C=O) groups is 5. The summed E-state index contributed by atoms with van der Waals surface area (Å²) in [4.78, 5) is 68.3. The molecule has 1 aliphatic heterocycles. The first kappa shape index (κ1) is 36.8. The monoisotopic (exact) mass is 730 g/mol. The fraction of sp³-hybridized carbons (Fsp3) is 0.167. The van der Waals surface area contributed by atoms with Crippen molar-refractivity contribution in [1.82, 2.24) is 4.67 Å². The molecule has 0 spiro atoms. The number of β-lactam (4-membered cyclic amide) rings is 1. The molecule has 6 rings (SSSR count). The van der Waals surface area contributed by atoms with Gasteiger partial charge < -0.3 is 0 Å². The number of amides is 2.